The maximum atomic E-state index is 11.6. The lowest BCUT2D eigenvalue weighted by atomic mass is 10.0. The summed E-state index contributed by atoms with van der Waals surface area (Å²) in [5, 5.41) is 11.5. The summed E-state index contributed by atoms with van der Waals surface area (Å²) >= 11 is 0. The number of aliphatic hydroxyl groups is 1. The Balaban J connectivity index is 2.13. The summed E-state index contributed by atoms with van der Waals surface area (Å²) in [6, 6.07) is 4.63. The molecule has 0 radical (unpaired) electrons. The van der Waals surface area contributed by atoms with E-state index in [1.165, 1.54) is 26.5 Å². The van der Waals surface area contributed by atoms with Crippen molar-refractivity contribution in [2.45, 2.75) is 25.6 Å². The van der Waals surface area contributed by atoms with E-state index >= 15 is 0 Å². The minimum Gasteiger partial charge on any atom is -0.490 e. The molecule has 2 aromatic heterocycles. The number of benzene rings is 1. The molecule has 1 N–H and O–H groups in total. The van der Waals surface area contributed by atoms with Gasteiger partial charge in [0.1, 0.15) is 18.5 Å². The number of aliphatic hydroxyl groups excluding tert-OH is 1. The standard InChI is InChI=1S/C18H20O7/c1-18(2,22-4)12(19)9-24-14-10-5-6-13(20)25-16(10)17(21-3)15-11(14)7-8-23-15/h5-8,12,19H,9H2,1-4H3/t12-/m0/s1. The highest BCUT2D eigenvalue weighted by atomic mass is 16.5. The first-order valence-corrected chi connectivity index (χ1v) is 7.76. The van der Waals surface area contributed by atoms with Crippen molar-refractivity contribution in [3.05, 3.63) is 34.9 Å². The molecule has 0 spiro atoms. The van der Waals surface area contributed by atoms with Crippen molar-refractivity contribution >= 4 is 21.9 Å². The zero-order valence-corrected chi connectivity index (χ0v) is 14.5. The van der Waals surface area contributed by atoms with Crippen LogP contribution in [0.2, 0.25) is 0 Å². The Bertz CT molecular complexity index is 951. The Morgan fingerprint density at radius 3 is 2.52 bits per heavy atom. The van der Waals surface area contributed by atoms with Gasteiger partial charge in [0.2, 0.25) is 5.75 Å². The van der Waals surface area contributed by atoms with Gasteiger partial charge in [-0.1, -0.05) is 0 Å². The third-order valence-electron chi connectivity index (χ3n) is 4.32. The lowest BCUT2D eigenvalue weighted by Crippen LogP contribution is -2.42. The third kappa shape index (κ3) is 2.96. The average Bonchev–Trinajstić information content (AvgIpc) is 3.07. The van der Waals surface area contributed by atoms with Crippen LogP contribution in [0.3, 0.4) is 0 Å². The van der Waals surface area contributed by atoms with Gasteiger partial charge in [-0.3, -0.25) is 0 Å². The molecule has 0 amide bonds. The molecule has 7 nitrogen and oxygen atoms in total. The molecule has 0 bridgehead atoms. The number of furan rings is 1. The molecule has 7 heteroatoms. The van der Waals surface area contributed by atoms with Crippen LogP contribution in [0.1, 0.15) is 13.8 Å². The zero-order chi connectivity index (χ0) is 18.2. The molecule has 134 valence electrons. The number of hydrogen-bond acceptors (Lipinski definition) is 7. The van der Waals surface area contributed by atoms with E-state index in [9.17, 15) is 9.90 Å². The van der Waals surface area contributed by atoms with Crippen LogP contribution < -0.4 is 15.1 Å². The summed E-state index contributed by atoms with van der Waals surface area (Å²) in [5.41, 5.74) is -0.652. The molecule has 0 saturated heterocycles. The molecule has 2 heterocycles. The van der Waals surface area contributed by atoms with Gasteiger partial charge in [-0.25, -0.2) is 4.79 Å². The first-order valence-electron chi connectivity index (χ1n) is 7.76. The van der Waals surface area contributed by atoms with Gasteiger partial charge in [-0.15, -0.1) is 0 Å². The van der Waals surface area contributed by atoms with E-state index in [1.807, 2.05) is 0 Å². The summed E-state index contributed by atoms with van der Waals surface area (Å²) in [5.74, 6) is 0.757. The monoisotopic (exact) mass is 348 g/mol. The maximum absolute atomic E-state index is 11.6. The van der Waals surface area contributed by atoms with Gasteiger partial charge in [0.25, 0.3) is 0 Å². The molecular weight excluding hydrogens is 328 g/mol. The van der Waals surface area contributed by atoms with Gasteiger partial charge >= 0.3 is 5.63 Å². The first-order chi connectivity index (χ1) is 11.9. The number of methoxy groups -OCH3 is 2. The second kappa shape index (κ2) is 6.42. The molecule has 3 aromatic rings. The van der Waals surface area contributed by atoms with Gasteiger partial charge in [-0.05, 0) is 26.0 Å². The summed E-state index contributed by atoms with van der Waals surface area (Å²) in [6.07, 6.45) is 0.624. The van der Waals surface area contributed by atoms with Crippen molar-refractivity contribution in [1.82, 2.24) is 0 Å². The van der Waals surface area contributed by atoms with Gasteiger partial charge in [0, 0.05) is 13.2 Å². The van der Waals surface area contributed by atoms with Crippen LogP contribution >= 0.6 is 0 Å². The molecule has 3 rings (SSSR count). The van der Waals surface area contributed by atoms with Crippen LogP contribution in [0.25, 0.3) is 21.9 Å². The van der Waals surface area contributed by atoms with Crippen molar-refractivity contribution in [3.63, 3.8) is 0 Å². The predicted molar refractivity (Wildman–Crippen MR) is 91.4 cm³/mol. The molecule has 1 atom stereocenters. The van der Waals surface area contributed by atoms with E-state index in [0.717, 1.165) is 0 Å². The molecule has 0 aliphatic heterocycles. The average molecular weight is 348 g/mol. The van der Waals surface area contributed by atoms with Gasteiger partial charge in [0.05, 0.1) is 29.7 Å². The largest absolute Gasteiger partial charge is 0.490 e. The van der Waals surface area contributed by atoms with Crippen LogP contribution in [0.4, 0.5) is 0 Å². The van der Waals surface area contributed by atoms with Crippen molar-refractivity contribution in [2.24, 2.45) is 0 Å². The van der Waals surface area contributed by atoms with E-state index in [1.54, 1.807) is 26.0 Å². The topological polar surface area (TPSA) is 91.3 Å². The van der Waals surface area contributed by atoms with Crippen LogP contribution in [0.15, 0.2) is 38.1 Å². The first kappa shape index (κ1) is 17.3. The van der Waals surface area contributed by atoms with Crippen LogP contribution in [-0.4, -0.2) is 37.6 Å². The summed E-state index contributed by atoms with van der Waals surface area (Å²) in [4.78, 5) is 11.6. The Morgan fingerprint density at radius 1 is 1.12 bits per heavy atom. The van der Waals surface area contributed by atoms with E-state index < -0.39 is 17.3 Å². The Labute approximate surface area is 143 Å². The molecule has 0 aliphatic rings. The molecular formula is C18H20O7. The third-order valence-corrected chi connectivity index (χ3v) is 4.32. The van der Waals surface area contributed by atoms with E-state index in [2.05, 4.69) is 0 Å². The molecule has 25 heavy (non-hydrogen) atoms. The van der Waals surface area contributed by atoms with Crippen molar-refractivity contribution in [3.8, 4) is 11.5 Å². The second-order valence-electron chi connectivity index (χ2n) is 6.16. The number of ether oxygens (including phenoxy) is 3. The van der Waals surface area contributed by atoms with Gasteiger partial charge in [0.15, 0.2) is 11.2 Å². The Kier molecular flexibility index (Phi) is 4.45. The number of fused-ring (bicyclic) bond motifs is 2. The Morgan fingerprint density at radius 2 is 1.84 bits per heavy atom. The van der Waals surface area contributed by atoms with Crippen molar-refractivity contribution in [1.29, 1.82) is 0 Å². The summed E-state index contributed by atoms with van der Waals surface area (Å²) < 4.78 is 27.3. The predicted octanol–water partition coefficient (Wildman–Crippen LogP) is 2.71. The van der Waals surface area contributed by atoms with E-state index in [-0.39, 0.29) is 12.2 Å². The number of hydrogen-bond donors (Lipinski definition) is 1. The highest BCUT2D eigenvalue weighted by Gasteiger charge is 2.29. The SMILES string of the molecule is COc1c2occc2c(OC[C@H](O)C(C)(C)OC)c2ccc(=O)oc12. The smallest absolute Gasteiger partial charge is 0.336 e. The minimum atomic E-state index is -0.868. The van der Waals surface area contributed by atoms with Crippen LogP contribution in [-0.2, 0) is 4.74 Å². The molecule has 1 aromatic carbocycles. The summed E-state index contributed by atoms with van der Waals surface area (Å²) in [7, 11) is 2.99. The summed E-state index contributed by atoms with van der Waals surface area (Å²) in [6.45, 7) is 3.51. The molecule has 0 aliphatic carbocycles. The lowest BCUT2D eigenvalue weighted by Gasteiger charge is -2.29. The zero-order valence-electron chi connectivity index (χ0n) is 14.5. The molecule has 0 unspecified atom stereocenters. The highest BCUT2D eigenvalue weighted by Crippen LogP contribution is 2.42. The van der Waals surface area contributed by atoms with Crippen LogP contribution in [0, 0.1) is 0 Å². The quantitative estimate of drug-likeness (QED) is 0.685. The fraction of sp³-hybridized carbons (Fsp3) is 0.389. The van der Waals surface area contributed by atoms with Gasteiger partial charge in [-0.2, -0.15) is 0 Å². The maximum Gasteiger partial charge on any atom is 0.336 e. The highest BCUT2D eigenvalue weighted by molar-refractivity contribution is 6.06. The minimum absolute atomic E-state index is 0.0122. The van der Waals surface area contributed by atoms with Gasteiger partial charge < -0.3 is 28.2 Å². The van der Waals surface area contributed by atoms with E-state index in [4.69, 9.17) is 23.0 Å². The van der Waals surface area contributed by atoms with Crippen molar-refractivity contribution in [2.75, 3.05) is 20.8 Å². The van der Waals surface area contributed by atoms with E-state index in [0.29, 0.717) is 27.9 Å². The number of rotatable bonds is 6. The molecule has 0 fully saturated rings. The fourth-order valence-corrected chi connectivity index (χ4v) is 2.52. The normalized spacial score (nSPS) is 13.3. The molecule has 0 saturated carbocycles. The second-order valence-corrected chi connectivity index (χ2v) is 6.16. The fourth-order valence-electron chi connectivity index (χ4n) is 2.52. The van der Waals surface area contributed by atoms with Crippen LogP contribution in [0.5, 0.6) is 11.5 Å². The lowest BCUT2D eigenvalue weighted by molar-refractivity contribution is -0.0912. The van der Waals surface area contributed by atoms with Crippen molar-refractivity contribution < 1.29 is 28.2 Å². The Hall–Kier alpha value is -2.51.